The molecule has 0 atom stereocenters. The van der Waals surface area contributed by atoms with Crippen molar-refractivity contribution < 1.29 is 0 Å². The summed E-state index contributed by atoms with van der Waals surface area (Å²) in [6.45, 7) is 6.00. The van der Waals surface area contributed by atoms with E-state index < -0.39 is 0 Å². The van der Waals surface area contributed by atoms with Gasteiger partial charge in [-0.3, -0.25) is 0 Å². The van der Waals surface area contributed by atoms with Gasteiger partial charge in [0.2, 0.25) is 0 Å². The van der Waals surface area contributed by atoms with E-state index >= 15 is 0 Å². The van der Waals surface area contributed by atoms with Crippen molar-refractivity contribution in [1.82, 2.24) is 0 Å². The van der Waals surface area contributed by atoms with Crippen LogP contribution in [-0.4, -0.2) is 0 Å². The third-order valence-corrected chi connectivity index (χ3v) is 2.72. The summed E-state index contributed by atoms with van der Waals surface area (Å²) in [5.74, 6) is 0. The van der Waals surface area contributed by atoms with Gasteiger partial charge in [-0.15, -0.1) is 6.58 Å². The Balaban J connectivity index is 2.32. The SMILES string of the molecule is C=CCc1ccc(CCCCCC)cc1. The second kappa shape index (κ2) is 7.28. The second-order valence-corrected chi connectivity index (χ2v) is 4.12. The van der Waals surface area contributed by atoms with Crippen LogP contribution in [0.2, 0.25) is 0 Å². The zero-order valence-corrected chi connectivity index (χ0v) is 9.84. The maximum atomic E-state index is 3.75. The molecule has 0 amide bonds. The number of unbranched alkanes of at least 4 members (excludes halogenated alkanes) is 3. The summed E-state index contributed by atoms with van der Waals surface area (Å²) in [5.41, 5.74) is 2.83. The Kier molecular flexibility index (Phi) is 5.84. The van der Waals surface area contributed by atoms with E-state index in [2.05, 4.69) is 37.8 Å². The highest BCUT2D eigenvalue weighted by Gasteiger charge is 1.94. The molecule has 15 heavy (non-hydrogen) atoms. The van der Waals surface area contributed by atoms with Crippen LogP contribution in [0.3, 0.4) is 0 Å². The predicted octanol–water partition coefficient (Wildman–Crippen LogP) is 4.54. The molecular formula is C15H22. The molecule has 1 aromatic rings. The standard InChI is InChI=1S/C15H22/c1-3-5-6-7-9-15-12-10-14(8-4-2)11-13-15/h4,10-13H,2-3,5-9H2,1H3. The average molecular weight is 202 g/mol. The summed E-state index contributed by atoms with van der Waals surface area (Å²) in [6.07, 6.45) is 9.55. The number of aryl methyl sites for hydroxylation is 1. The highest BCUT2D eigenvalue weighted by molar-refractivity contribution is 5.23. The molecule has 0 saturated carbocycles. The lowest BCUT2D eigenvalue weighted by Gasteiger charge is -2.02. The summed E-state index contributed by atoms with van der Waals surface area (Å²) in [6, 6.07) is 8.95. The van der Waals surface area contributed by atoms with Gasteiger partial charge < -0.3 is 0 Å². The molecule has 0 aliphatic carbocycles. The Hall–Kier alpha value is -1.04. The molecule has 0 spiro atoms. The lowest BCUT2D eigenvalue weighted by Crippen LogP contribution is -1.87. The predicted molar refractivity (Wildman–Crippen MR) is 68.2 cm³/mol. The quantitative estimate of drug-likeness (QED) is 0.450. The van der Waals surface area contributed by atoms with E-state index in [-0.39, 0.29) is 0 Å². The summed E-state index contributed by atoms with van der Waals surface area (Å²) in [5, 5.41) is 0. The maximum Gasteiger partial charge on any atom is -0.0100 e. The number of allylic oxidation sites excluding steroid dienone is 1. The van der Waals surface area contributed by atoms with Crippen molar-refractivity contribution in [3.05, 3.63) is 48.0 Å². The Morgan fingerprint density at radius 2 is 1.67 bits per heavy atom. The van der Waals surface area contributed by atoms with E-state index in [0.29, 0.717) is 0 Å². The molecular weight excluding hydrogens is 180 g/mol. The lowest BCUT2D eigenvalue weighted by atomic mass is 10.0. The lowest BCUT2D eigenvalue weighted by molar-refractivity contribution is 0.667. The van der Waals surface area contributed by atoms with Gasteiger partial charge in [0, 0.05) is 0 Å². The third-order valence-electron chi connectivity index (χ3n) is 2.72. The minimum absolute atomic E-state index is 0.982. The van der Waals surface area contributed by atoms with Crippen molar-refractivity contribution in [2.75, 3.05) is 0 Å². The number of hydrogen-bond donors (Lipinski definition) is 0. The van der Waals surface area contributed by atoms with Crippen molar-refractivity contribution in [3.63, 3.8) is 0 Å². The van der Waals surface area contributed by atoms with Crippen LogP contribution in [0.5, 0.6) is 0 Å². The molecule has 1 aromatic carbocycles. The van der Waals surface area contributed by atoms with Crippen LogP contribution in [-0.2, 0) is 12.8 Å². The normalized spacial score (nSPS) is 10.2. The summed E-state index contributed by atoms with van der Waals surface area (Å²) in [7, 11) is 0. The summed E-state index contributed by atoms with van der Waals surface area (Å²) < 4.78 is 0. The first-order valence-electron chi connectivity index (χ1n) is 6.05. The fourth-order valence-electron chi connectivity index (χ4n) is 1.76. The highest BCUT2D eigenvalue weighted by atomic mass is 14.0. The van der Waals surface area contributed by atoms with E-state index in [1.54, 1.807) is 0 Å². The molecule has 0 heterocycles. The Morgan fingerprint density at radius 3 is 2.27 bits per heavy atom. The Labute approximate surface area is 94.0 Å². The van der Waals surface area contributed by atoms with Crippen LogP contribution in [0, 0.1) is 0 Å². The second-order valence-electron chi connectivity index (χ2n) is 4.12. The van der Waals surface area contributed by atoms with Crippen LogP contribution in [0.25, 0.3) is 0 Å². The van der Waals surface area contributed by atoms with Crippen molar-refractivity contribution >= 4 is 0 Å². The molecule has 0 saturated heterocycles. The van der Waals surface area contributed by atoms with Crippen molar-refractivity contribution in [1.29, 1.82) is 0 Å². The van der Waals surface area contributed by atoms with E-state index in [1.165, 1.54) is 43.2 Å². The topological polar surface area (TPSA) is 0 Å². The fourth-order valence-corrected chi connectivity index (χ4v) is 1.76. The van der Waals surface area contributed by atoms with Gasteiger partial charge in [0.1, 0.15) is 0 Å². The van der Waals surface area contributed by atoms with Crippen molar-refractivity contribution in [2.45, 2.75) is 45.4 Å². The van der Waals surface area contributed by atoms with Crippen LogP contribution in [0.4, 0.5) is 0 Å². The van der Waals surface area contributed by atoms with Gasteiger partial charge in [0.05, 0.1) is 0 Å². The van der Waals surface area contributed by atoms with Gasteiger partial charge >= 0.3 is 0 Å². The molecule has 0 nitrogen and oxygen atoms in total. The zero-order chi connectivity index (χ0) is 10.9. The molecule has 0 bridgehead atoms. The first kappa shape index (κ1) is 12.0. The first-order chi connectivity index (χ1) is 7.36. The molecule has 0 radical (unpaired) electrons. The maximum absolute atomic E-state index is 3.75. The molecule has 0 unspecified atom stereocenters. The van der Waals surface area contributed by atoms with Gasteiger partial charge in [-0.2, -0.15) is 0 Å². The van der Waals surface area contributed by atoms with Gasteiger partial charge in [-0.25, -0.2) is 0 Å². The smallest absolute Gasteiger partial charge is 0.0100 e. The average Bonchev–Trinajstić information content (AvgIpc) is 2.27. The highest BCUT2D eigenvalue weighted by Crippen LogP contribution is 2.10. The Morgan fingerprint density at radius 1 is 1.00 bits per heavy atom. The van der Waals surface area contributed by atoms with E-state index in [4.69, 9.17) is 0 Å². The van der Waals surface area contributed by atoms with Gasteiger partial charge in [-0.05, 0) is 30.4 Å². The van der Waals surface area contributed by atoms with Gasteiger partial charge in [0.25, 0.3) is 0 Å². The molecule has 1 rings (SSSR count). The minimum Gasteiger partial charge on any atom is -0.103 e. The molecule has 0 fully saturated rings. The summed E-state index contributed by atoms with van der Waals surface area (Å²) >= 11 is 0. The zero-order valence-electron chi connectivity index (χ0n) is 9.84. The van der Waals surface area contributed by atoms with E-state index in [0.717, 1.165) is 6.42 Å². The van der Waals surface area contributed by atoms with E-state index in [1.807, 2.05) is 6.08 Å². The molecule has 0 N–H and O–H groups in total. The van der Waals surface area contributed by atoms with Gasteiger partial charge in [0.15, 0.2) is 0 Å². The first-order valence-corrected chi connectivity index (χ1v) is 6.05. The molecule has 0 aliphatic rings. The van der Waals surface area contributed by atoms with Crippen LogP contribution in [0.1, 0.15) is 43.7 Å². The molecule has 0 heteroatoms. The van der Waals surface area contributed by atoms with Crippen molar-refractivity contribution in [2.24, 2.45) is 0 Å². The van der Waals surface area contributed by atoms with Gasteiger partial charge in [-0.1, -0.05) is 56.5 Å². The number of rotatable bonds is 7. The molecule has 0 aliphatic heterocycles. The Bertz CT molecular complexity index is 269. The van der Waals surface area contributed by atoms with E-state index in [9.17, 15) is 0 Å². The summed E-state index contributed by atoms with van der Waals surface area (Å²) in [4.78, 5) is 0. The van der Waals surface area contributed by atoms with Crippen LogP contribution >= 0.6 is 0 Å². The fraction of sp³-hybridized carbons (Fsp3) is 0.467. The van der Waals surface area contributed by atoms with Crippen LogP contribution in [0.15, 0.2) is 36.9 Å². The largest absolute Gasteiger partial charge is 0.103 e. The van der Waals surface area contributed by atoms with Crippen LogP contribution < -0.4 is 0 Å². The number of benzene rings is 1. The monoisotopic (exact) mass is 202 g/mol. The minimum atomic E-state index is 0.982. The molecule has 0 aromatic heterocycles. The number of hydrogen-bond acceptors (Lipinski definition) is 0. The van der Waals surface area contributed by atoms with Crippen molar-refractivity contribution in [3.8, 4) is 0 Å². The third kappa shape index (κ3) is 4.83. The molecule has 82 valence electrons.